The van der Waals surface area contributed by atoms with Crippen LogP contribution in [0.4, 0.5) is 30.7 Å². The van der Waals surface area contributed by atoms with E-state index in [1.54, 1.807) is 59.0 Å². The number of Topliss-reactive ketones (excluding diaryl/α,β-unsaturated/α-hetero) is 1. The monoisotopic (exact) mass is 2100 g/mol. The summed E-state index contributed by atoms with van der Waals surface area (Å²) in [6.45, 7) is 1.13. The van der Waals surface area contributed by atoms with Gasteiger partial charge in [0.25, 0.3) is 6.47 Å². The minimum Gasteiger partial charge on any atom is -1.00 e. The Balaban J connectivity index is -0.000001000. The summed E-state index contributed by atoms with van der Waals surface area (Å²) in [7, 11) is 1.33. The van der Waals surface area contributed by atoms with Crippen LogP contribution in [-0.2, 0) is 14.5 Å². The fraction of sp³-hybridized carbons (Fsp3) is 0.0909. The molecule has 9 rings (SSSR count). The first-order valence-corrected chi connectivity index (χ1v) is 30.9. The maximum atomic E-state index is 14.0. The summed E-state index contributed by atoms with van der Waals surface area (Å²) in [4.78, 5) is 20.9. The van der Waals surface area contributed by atoms with E-state index < -0.39 is 42.0 Å². The summed E-state index contributed by atoms with van der Waals surface area (Å²) < 4.78 is 118. The molecular formula is C55H41B2Br7Cl4Cs2F7IO10. The van der Waals surface area contributed by atoms with Crippen molar-refractivity contribution in [3.63, 3.8) is 0 Å². The number of carbonyl (C=O) groups is 2. The van der Waals surface area contributed by atoms with E-state index in [4.69, 9.17) is 81.8 Å². The molecule has 0 spiro atoms. The van der Waals surface area contributed by atoms with Crippen LogP contribution in [0.5, 0.6) is 17.2 Å². The SMILES string of the molecule is BrB(Br)Br.C.COc1cc(Cl)ccc1-c1c(F)ccc(Br)c1F.COc1cc(Cl)ccc1B(O)O.Fc1ccc(Br)c(F)c1I.Fc1ccc(Br)c2oc3cc(Cl)ccc3c12.O=CO[O-].Oc1cc(Cl)ccc1-c1c(F)ccc(Br)c1F.[2H]CC(C)=O.[Cs+].[Cs+].[H-]. The van der Waals surface area contributed by atoms with Crippen molar-refractivity contribution in [1.29, 1.82) is 0 Å². The van der Waals surface area contributed by atoms with Gasteiger partial charge in [0, 0.05) is 49.5 Å². The molecule has 3 N–H and O–H groups in total. The van der Waals surface area contributed by atoms with Crippen LogP contribution in [-0.4, -0.2) is 51.9 Å². The number of carbonyl (C=O) groups excluding carboxylic acids is 2. The molecule has 0 atom stereocenters. The predicted octanol–water partition coefficient (Wildman–Crippen LogP) is 14.3. The van der Waals surface area contributed by atoms with Gasteiger partial charge in [-0.25, -0.2) is 30.7 Å². The van der Waals surface area contributed by atoms with Gasteiger partial charge >= 0.3 is 148 Å². The molecule has 10 nitrogen and oxygen atoms in total. The van der Waals surface area contributed by atoms with Crippen LogP contribution in [0.15, 0.2) is 144 Å². The van der Waals surface area contributed by atoms with E-state index in [1.807, 2.05) is 0 Å². The smallest absolute Gasteiger partial charge is 1.00 e. The molecule has 0 fully saturated rings. The first-order valence-electron chi connectivity index (χ1n) is 23.1. The number of ketones is 1. The zero-order chi connectivity index (χ0) is 65.3. The van der Waals surface area contributed by atoms with Crippen molar-refractivity contribution in [1.82, 2.24) is 0 Å². The van der Waals surface area contributed by atoms with E-state index in [2.05, 4.69) is 116 Å². The number of furan rings is 1. The number of benzene rings is 8. The van der Waals surface area contributed by atoms with Crippen molar-refractivity contribution in [2.45, 2.75) is 21.3 Å². The molecule has 0 aliphatic heterocycles. The van der Waals surface area contributed by atoms with E-state index in [1.165, 1.54) is 100 Å². The van der Waals surface area contributed by atoms with Gasteiger partial charge in [0.1, 0.15) is 63.5 Å². The summed E-state index contributed by atoms with van der Waals surface area (Å²) in [5.74, 6) is -3.85. The number of hydrogen-bond donors (Lipinski definition) is 3. The number of halogens is 19. The minimum absolute atomic E-state index is 0. The quantitative estimate of drug-likeness (QED) is 0.0214. The Hall–Kier alpha value is 0.974. The van der Waals surface area contributed by atoms with Gasteiger partial charge in [-0.05, 0) is 209 Å². The van der Waals surface area contributed by atoms with E-state index in [0.29, 0.717) is 63.6 Å². The molecule has 0 saturated heterocycles. The van der Waals surface area contributed by atoms with Gasteiger partial charge in [0.05, 0.1) is 52.2 Å². The van der Waals surface area contributed by atoms with Crippen LogP contribution in [0.3, 0.4) is 0 Å². The Morgan fingerprint density at radius 2 is 1.02 bits per heavy atom. The average Bonchev–Trinajstić information content (AvgIpc) is 1.58. The molecule has 1 heterocycles. The molecular weight excluding hydrogens is 2070 g/mol. The first kappa shape index (κ1) is 89.0. The average molecular weight is 2110 g/mol. The van der Waals surface area contributed by atoms with Gasteiger partial charge in [-0.15, -0.1) is 47.3 Å². The predicted molar refractivity (Wildman–Crippen MR) is 362 cm³/mol. The molecule has 0 aliphatic carbocycles. The van der Waals surface area contributed by atoms with Crippen LogP contribution < -0.4 is 158 Å². The Labute approximate surface area is 715 Å². The zero-order valence-electron chi connectivity index (χ0n) is 46.9. The number of ether oxygens (including phenoxy) is 2. The molecule has 8 aromatic carbocycles. The Morgan fingerprint density at radius 1 is 0.636 bits per heavy atom. The van der Waals surface area contributed by atoms with Gasteiger partial charge in [0.15, 0.2) is 11.4 Å². The number of fused-ring (bicyclic) bond motifs is 3. The topological polar surface area (TPSA) is 159 Å². The van der Waals surface area contributed by atoms with Crippen LogP contribution >= 0.6 is 180 Å². The Bertz CT molecular complexity index is 3740. The van der Waals surface area contributed by atoms with Crippen molar-refractivity contribution >= 4 is 230 Å². The van der Waals surface area contributed by atoms with Crippen LogP contribution in [0.25, 0.3) is 44.2 Å². The maximum absolute atomic E-state index is 14.0. The number of rotatable bonds is 6. The van der Waals surface area contributed by atoms with E-state index in [9.17, 15) is 40.6 Å². The molecule has 462 valence electrons. The van der Waals surface area contributed by atoms with Crippen molar-refractivity contribution < 1.29 is 220 Å². The van der Waals surface area contributed by atoms with Crippen molar-refractivity contribution in [3.05, 3.63) is 204 Å². The Kier molecular flexibility index (Phi) is 47.5. The molecule has 1 aromatic heterocycles. The molecule has 0 unspecified atom stereocenters. The summed E-state index contributed by atoms with van der Waals surface area (Å²) in [5, 5.41) is 38.8. The molecule has 9 aromatic rings. The van der Waals surface area contributed by atoms with E-state index >= 15 is 0 Å². The Morgan fingerprint density at radius 3 is 1.47 bits per heavy atom. The summed E-state index contributed by atoms with van der Waals surface area (Å²) in [6.07, 6.45) is 0. The fourth-order valence-electron chi connectivity index (χ4n) is 6.32. The minimum atomic E-state index is -1.53. The number of methoxy groups -OCH3 is 2. The van der Waals surface area contributed by atoms with Crippen LogP contribution in [0.2, 0.25) is 20.1 Å². The molecule has 88 heavy (non-hydrogen) atoms. The van der Waals surface area contributed by atoms with Gasteiger partial charge in [-0.1, -0.05) is 59.9 Å². The largest absolute Gasteiger partial charge is 1.00 e. The molecule has 0 saturated carbocycles. The summed E-state index contributed by atoms with van der Waals surface area (Å²) in [6, 6.07) is 28.9. The summed E-state index contributed by atoms with van der Waals surface area (Å²) in [5.41, 5.74) is 1.36. The second-order valence-corrected chi connectivity index (χ2v) is 28.2. The van der Waals surface area contributed by atoms with Gasteiger partial charge in [-0.2, -0.15) is 0 Å². The first-order chi connectivity index (χ1) is 40.4. The zero-order valence-corrected chi connectivity index (χ0v) is 73.7. The van der Waals surface area contributed by atoms with E-state index in [-0.39, 0.29) is 210 Å². The van der Waals surface area contributed by atoms with Gasteiger partial charge in [-0.3, -0.25) is 4.79 Å². The number of phenolic OH excluding ortho intramolecular Hbond substituents is 1. The molecule has 0 radical (unpaired) electrons. The van der Waals surface area contributed by atoms with Crippen LogP contribution in [0, 0.1) is 44.3 Å². The normalized spacial score (nSPS) is 9.72. The summed E-state index contributed by atoms with van der Waals surface area (Å²) >= 11 is 46.2. The van der Waals surface area contributed by atoms with Gasteiger partial charge in [0.2, 0.25) is 0 Å². The third kappa shape index (κ3) is 30.2. The molecule has 33 heteroatoms. The third-order valence-corrected chi connectivity index (χ3v) is 14.1. The molecule has 0 amide bonds. The second-order valence-electron chi connectivity index (χ2n) is 15.5. The standard InChI is InChI=1S/C13H8BrClF2O.C12H6BrClF2O.C12H5BrClFO.C7H8BClO3.C6H2BrF2I.C3H6O.CH2O3.CH4.BBr3.2Cs.H/c1-18-11-6-7(15)2-3-8(11)12-10(16)5-4-9(14)13(12)17;13-8-3-4-9(15)11(12(8)16)7-2-1-6(14)5-10(7)17;13-8-3-4-9(15)11-7-2-1-6(14)5-10(7)16-12(8)11;1-12-7-4-5(9)2-3-6(7)8(10)11;7-3-1-2-4(8)6(10)5(3)9;1-3(2)4;2-1-4-3;;2-1(3)4;;;/h2-6H,1H3;1-5,17H;1-5H;2-4,10-11H,1H3;1-2H;1-2H3;1,3H;1H4;;;;/q;;;;;;;;;2*+1;-1/p-1/i;;;;;1D;;;;;;. The molecule has 0 aliphatic rings. The van der Waals surface area contributed by atoms with Gasteiger partial charge < -0.3 is 45.4 Å². The van der Waals surface area contributed by atoms with Crippen molar-refractivity contribution in [2.24, 2.45) is 0 Å². The van der Waals surface area contributed by atoms with Crippen molar-refractivity contribution in [2.75, 3.05) is 14.2 Å². The van der Waals surface area contributed by atoms with Crippen LogP contribution in [0.1, 0.15) is 24.0 Å². The van der Waals surface area contributed by atoms with Crippen molar-refractivity contribution in [3.8, 4) is 39.5 Å². The third-order valence-electron chi connectivity index (χ3n) is 9.73. The molecule has 0 bridgehead atoms. The van der Waals surface area contributed by atoms with E-state index in [0.717, 1.165) is 15.9 Å². The number of hydrogen-bond acceptors (Lipinski definition) is 10. The number of phenols is 1. The second kappa shape index (κ2) is 47.0. The fourth-order valence-corrected chi connectivity index (χ4v) is 9.21. The number of aromatic hydroxyl groups is 1. The maximum Gasteiger partial charge on any atom is 1.00 e.